The Balaban J connectivity index is 1.58. The van der Waals surface area contributed by atoms with Crippen LogP contribution in [0.3, 0.4) is 0 Å². The van der Waals surface area contributed by atoms with Gasteiger partial charge in [0.15, 0.2) is 0 Å². The van der Waals surface area contributed by atoms with Gasteiger partial charge in [-0.3, -0.25) is 4.90 Å². The van der Waals surface area contributed by atoms with Crippen LogP contribution >= 0.6 is 0 Å². The Bertz CT molecular complexity index is 456. The Morgan fingerprint density at radius 3 is 2.76 bits per heavy atom. The van der Waals surface area contributed by atoms with Crippen LogP contribution in [0.15, 0.2) is 24.3 Å². The highest BCUT2D eigenvalue weighted by Crippen LogP contribution is 2.32. The zero-order chi connectivity index (χ0) is 14.7. The third-order valence-corrected chi connectivity index (χ3v) is 5.24. The van der Waals surface area contributed by atoms with Gasteiger partial charge in [0.25, 0.3) is 0 Å². The maximum absolute atomic E-state index is 2.67. The molecule has 2 heterocycles. The molecule has 2 aliphatic heterocycles. The highest BCUT2D eigenvalue weighted by molar-refractivity contribution is 5.57. The summed E-state index contributed by atoms with van der Waals surface area (Å²) >= 11 is 0. The molecule has 0 radical (unpaired) electrons. The van der Waals surface area contributed by atoms with Crippen molar-refractivity contribution in [1.29, 1.82) is 0 Å². The third kappa shape index (κ3) is 3.24. The molecular formula is C18H29N3. The van der Waals surface area contributed by atoms with Gasteiger partial charge < -0.3 is 9.80 Å². The van der Waals surface area contributed by atoms with E-state index in [0.717, 1.165) is 6.04 Å². The highest BCUT2D eigenvalue weighted by atomic mass is 15.3. The fourth-order valence-corrected chi connectivity index (χ4v) is 3.83. The molecular weight excluding hydrogens is 258 g/mol. The van der Waals surface area contributed by atoms with Crippen molar-refractivity contribution in [2.24, 2.45) is 0 Å². The standard InChI is InChI=1S/C18H29N3/c1-3-19(4-2)11-12-20-13-14-21-17(15-20)10-9-16-7-5-6-8-18(16)21/h5-8,17H,3-4,9-15H2,1-2H3/t17-/m0/s1. The number of hydrogen-bond donors (Lipinski definition) is 0. The van der Waals surface area contributed by atoms with Crippen LogP contribution in [-0.2, 0) is 6.42 Å². The summed E-state index contributed by atoms with van der Waals surface area (Å²) in [6.07, 6.45) is 2.57. The number of anilines is 1. The molecule has 0 amide bonds. The number of para-hydroxylation sites is 1. The predicted molar refractivity (Wildman–Crippen MR) is 90.1 cm³/mol. The average molecular weight is 287 g/mol. The lowest BCUT2D eigenvalue weighted by atomic mass is 9.94. The first kappa shape index (κ1) is 14.9. The molecule has 1 atom stereocenters. The van der Waals surface area contributed by atoms with Gasteiger partial charge in [0, 0.05) is 44.5 Å². The van der Waals surface area contributed by atoms with Gasteiger partial charge >= 0.3 is 0 Å². The highest BCUT2D eigenvalue weighted by Gasteiger charge is 2.31. The Kier molecular flexibility index (Phi) is 4.81. The minimum atomic E-state index is 0.727. The van der Waals surface area contributed by atoms with Gasteiger partial charge in [-0.2, -0.15) is 0 Å². The molecule has 116 valence electrons. The summed E-state index contributed by atoms with van der Waals surface area (Å²) in [5.41, 5.74) is 3.04. The SMILES string of the molecule is CCN(CC)CCN1CCN2c3ccccc3CC[C@H]2C1. The largest absolute Gasteiger partial charge is 0.366 e. The van der Waals surface area contributed by atoms with E-state index < -0.39 is 0 Å². The summed E-state index contributed by atoms with van der Waals surface area (Å²) in [5.74, 6) is 0. The topological polar surface area (TPSA) is 9.72 Å². The number of nitrogens with zero attached hydrogens (tertiary/aromatic N) is 3. The molecule has 21 heavy (non-hydrogen) atoms. The van der Waals surface area contributed by atoms with Crippen molar-refractivity contribution in [2.45, 2.75) is 32.7 Å². The molecule has 0 spiro atoms. The number of fused-ring (bicyclic) bond motifs is 3. The Morgan fingerprint density at radius 1 is 1.14 bits per heavy atom. The second kappa shape index (κ2) is 6.80. The Labute approximate surface area is 129 Å². The normalized spacial score (nSPS) is 22.2. The lowest BCUT2D eigenvalue weighted by Gasteiger charge is -2.46. The van der Waals surface area contributed by atoms with E-state index in [2.05, 4.69) is 52.8 Å². The van der Waals surface area contributed by atoms with E-state index >= 15 is 0 Å². The minimum absolute atomic E-state index is 0.727. The molecule has 0 bridgehead atoms. The lowest BCUT2D eigenvalue weighted by Crippen LogP contribution is -2.56. The van der Waals surface area contributed by atoms with Crippen LogP contribution in [0.25, 0.3) is 0 Å². The zero-order valence-corrected chi connectivity index (χ0v) is 13.6. The second-order valence-corrected chi connectivity index (χ2v) is 6.34. The molecule has 2 aliphatic rings. The minimum Gasteiger partial charge on any atom is -0.366 e. The first-order valence-electron chi connectivity index (χ1n) is 8.61. The van der Waals surface area contributed by atoms with Crippen LogP contribution < -0.4 is 4.90 Å². The van der Waals surface area contributed by atoms with Crippen LogP contribution in [0.4, 0.5) is 5.69 Å². The Hall–Kier alpha value is -1.06. The molecule has 0 N–H and O–H groups in total. The number of piperazine rings is 1. The summed E-state index contributed by atoms with van der Waals surface area (Å²) in [7, 11) is 0. The van der Waals surface area contributed by atoms with E-state index in [1.54, 1.807) is 5.56 Å². The predicted octanol–water partition coefficient (Wildman–Crippen LogP) is 2.47. The molecule has 0 unspecified atom stereocenters. The van der Waals surface area contributed by atoms with Crippen LogP contribution in [-0.4, -0.2) is 61.7 Å². The molecule has 1 aromatic rings. The fraction of sp³-hybridized carbons (Fsp3) is 0.667. The van der Waals surface area contributed by atoms with Gasteiger partial charge in [-0.15, -0.1) is 0 Å². The van der Waals surface area contributed by atoms with Crippen molar-refractivity contribution in [3.05, 3.63) is 29.8 Å². The van der Waals surface area contributed by atoms with Crippen molar-refractivity contribution < 1.29 is 0 Å². The first-order valence-corrected chi connectivity index (χ1v) is 8.61. The number of aryl methyl sites for hydroxylation is 1. The molecule has 1 saturated heterocycles. The van der Waals surface area contributed by atoms with Crippen molar-refractivity contribution in [2.75, 3.05) is 50.7 Å². The quantitative estimate of drug-likeness (QED) is 0.824. The first-order chi connectivity index (χ1) is 10.3. The molecule has 3 nitrogen and oxygen atoms in total. The van der Waals surface area contributed by atoms with Crippen molar-refractivity contribution in [3.63, 3.8) is 0 Å². The van der Waals surface area contributed by atoms with E-state index in [1.165, 1.54) is 64.3 Å². The maximum atomic E-state index is 2.67. The molecule has 0 aliphatic carbocycles. The van der Waals surface area contributed by atoms with Gasteiger partial charge in [-0.05, 0) is 37.6 Å². The van der Waals surface area contributed by atoms with E-state index in [9.17, 15) is 0 Å². The summed E-state index contributed by atoms with van der Waals surface area (Å²) in [5, 5.41) is 0. The van der Waals surface area contributed by atoms with Crippen LogP contribution in [0.5, 0.6) is 0 Å². The molecule has 1 fully saturated rings. The lowest BCUT2D eigenvalue weighted by molar-refractivity contribution is 0.180. The van der Waals surface area contributed by atoms with E-state index in [1.807, 2.05) is 0 Å². The molecule has 0 aromatic heterocycles. The van der Waals surface area contributed by atoms with E-state index in [-0.39, 0.29) is 0 Å². The van der Waals surface area contributed by atoms with E-state index in [4.69, 9.17) is 0 Å². The smallest absolute Gasteiger partial charge is 0.0420 e. The molecule has 1 aromatic carbocycles. The van der Waals surface area contributed by atoms with Gasteiger partial charge in [0.1, 0.15) is 0 Å². The fourth-order valence-electron chi connectivity index (χ4n) is 3.83. The molecule has 3 rings (SSSR count). The molecule has 0 saturated carbocycles. The summed E-state index contributed by atoms with van der Waals surface area (Å²) in [4.78, 5) is 7.86. The van der Waals surface area contributed by atoms with Crippen molar-refractivity contribution in [3.8, 4) is 0 Å². The van der Waals surface area contributed by atoms with Crippen molar-refractivity contribution >= 4 is 5.69 Å². The van der Waals surface area contributed by atoms with Crippen molar-refractivity contribution in [1.82, 2.24) is 9.80 Å². The van der Waals surface area contributed by atoms with Gasteiger partial charge in [0.05, 0.1) is 0 Å². The monoisotopic (exact) mass is 287 g/mol. The Morgan fingerprint density at radius 2 is 1.95 bits per heavy atom. The maximum Gasteiger partial charge on any atom is 0.0420 e. The van der Waals surface area contributed by atoms with Crippen LogP contribution in [0.1, 0.15) is 25.8 Å². The van der Waals surface area contributed by atoms with Gasteiger partial charge in [0.2, 0.25) is 0 Å². The summed E-state index contributed by atoms with van der Waals surface area (Å²) in [6, 6.07) is 9.71. The zero-order valence-electron chi connectivity index (χ0n) is 13.6. The summed E-state index contributed by atoms with van der Waals surface area (Å²) < 4.78 is 0. The second-order valence-electron chi connectivity index (χ2n) is 6.34. The van der Waals surface area contributed by atoms with Crippen LogP contribution in [0.2, 0.25) is 0 Å². The number of rotatable bonds is 5. The van der Waals surface area contributed by atoms with Gasteiger partial charge in [-0.25, -0.2) is 0 Å². The number of hydrogen-bond acceptors (Lipinski definition) is 3. The van der Waals surface area contributed by atoms with E-state index in [0.29, 0.717) is 0 Å². The van der Waals surface area contributed by atoms with Crippen LogP contribution in [0, 0.1) is 0 Å². The molecule has 3 heteroatoms. The average Bonchev–Trinajstić information content (AvgIpc) is 2.55. The number of benzene rings is 1. The third-order valence-electron chi connectivity index (χ3n) is 5.24. The number of likely N-dealkylation sites (N-methyl/N-ethyl adjacent to an activating group) is 1. The summed E-state index contributed by atoms with van der Waals surface area (Å²) in [6.45, 7) is 13.0. The van der Waals surface area contributed by atoms with Gasteiger partial charge in [-0.1, -0.05) is 32.0 Å².